The van der Waals surface area contributed by atoms with E-state index in [1.807, 2.05) is 49.4 Å². The molecule has 5 aromatic rings. The van der Waals surface area contributed by atoms with E-state index in [4.69, 9.17) is 47.5 Å². The van der Waals surface area contributed by atoms with Gasteiger partial charge in [-0.1, -0.05) is 77.4 Å². The van der Waals surface area contributed by atoms with Gasteiger partial charge in [-0.2, -0.15) is 4.98 Å². The molecule has 9 nitrogen and oxygen atoms in total. The number of thioether (sulfide) groups is 1. The number of carbonyl (C=O) groups excluding carboxylic acids is 1. The maximum Gasteiger partial charge on any atom is 0.255 e. The number of carbonyl (C=O) groups is 1. The molecule has 0 aliphatic carbocycles. The molecule has 0 spiro atoms. The quantitative estimate of drug-likeness (QED) is 0.132. The molecule has 0 saturated heterocycles. The van der Waals surface area contributed by atoms with Crippen molar-refractivity contribution in [2.24, 2.45) is 0 Å². The Hall–Kier alpha value is -4.71. The smallest absolute Gasteiger partial charge is 0.255 e. The van der Waals surface area contributed by atoms with Gasteiger partial charge in [-0.15, -0.1) is 5.10 Å². The molecule has 6 rings (SSSR count). The van der Waals surface area contributed by atoms with Crippen molar-refractivity contribution in [2.75, 3.05) is 24.9 Å². The Balaban J connectivity index is 1.36. The Morgan fingerprint density at radius 1 is 0.958 bits per heavy atom. The highest BCUT2D eigenvalue weighted by molar-refractivity contribution is 7.98. The van der Waals surface area contributed by atoms with Crippen LogP contribution in [0.3, 0.4) is 0 Å². The van der Waals surface area contributed by atoms with Crippen molar-refractivity contribution < 1.29 is 23.4 Å². The Bertz CT molecular complexity index is 2000. The normalized spacial score (nSPS) is 13.8. The predicted octanol–water partition coefficient (Wildman–Crippen LogP) is 8.54. The van der Waals surface area contributed by atoms with Crippen LogP contribution < -0.4 is 24.8 Å². The zero-order chi connectivity index (χ0) is 33.8. The van der Waals surface area contributed by atoms with Gasteiger partial charge in [0.2, 0.25) is 11.1 Å². The minimum absolute atomic E-state index is 0.112. The molecule has 48 heavy (non-hydrogen) atoms. The van der Waals surface area contributed by atoms with Crippen LogP contribution in [0.4, 0.5) is 16.0 Å². The number of methoxy groups -OCH3 is 2. The van der Waals surface area contributed by atoms with Crippen molar-refractivity contribution >= 4 is 52.5 Å². The summed E-state index contributed by atoms with van der Waals surface area (Å²) < 4.78 is 33.2. The predicted molar refractivity (Wildman–Crippen MR) is 186 cm³/mol. The third kappa shape index (κ3) is 6.94. The number of allylic oxidation sites excluding steroid dienone is 1. The van der Waals surface area contributed by atoms with E-state index in [2.05, 4.69) is 10.6 Å². The van der Waals surface area contributed by atoms with E-state index < -0.39 is 11.9 Å². The van der Waals surface area contributed by atoms with Gasteiger partial charge in [0.25, 0.3) is 5.91 Å². The zero-order valence-electron chi connectivity index (χ0n) is 26.1. The molecular formula is C35H30Cl2FN5O4S. The van der Waals surface area contributed by atoms with Crippen molar-refractivity contribution in [3.63, 3.8) is 0 Å². The molecule has 0 bridgehead atoms. The van der Waals surface area contributed by atoms with Crippen molar-refractivity contribution in [2.45, 2.75) is 30.5 Å². The number of para-hydroxylation sites is 2. The van der Waals surface area contributed by atoms with Crippen LogP contribution in [0.25, 0.3) is 0 Å². The molecule has 2 N–H and O–H groups in total. The Labute approximate surface area is 291 Å². The van der Waals surface area contributed by atoms with Crippen LogP contribution >= 0.6 is 35.0 Å². The molecule has 1 aliphatic rings. The molecule has 13 heteroatoms. The first-order chi connectivity index (χ1) is 23.3. The largest absolute Gasteiger partial charge is 0.495 e. The van der Waals surface area contributed by atoms with Gasteiger partial charge in [0, 0.05) is 22.0 Å². The molecule has 1 aliphatic heterocycles. The number of nitrogens with one attached hydrogen (secondary N) is 2. The van der Waals surface area contributed by atoms with Gasteiger partial charge in [-0.3, -0.25) is 4.79 Å². The van der Waals surface area contributed by atoms with Gasteiger partial charge in [-0.25, -0.2) is 9.07 Å². The topological polar surface area (TPSA) is 99.5 Å². The van der Waals surface area contributed by atoms with E-state index in [9.17, 15) is 9.18 Å². The minimum atomic E-state index is -0.720. The van der Waals surface area contributed by atoms with Crippen LogP contribution in [-0.4, -0.2) is 34.9 Å². The molecule has 1 amide bonds. The van der Waals surface area contributed by atoms with Crippen LogP contribution in [-0.2, 0) is 17.2 Å². The summed E-state index contributed by atoms with van der Waals surface area (Å²) in [5, 5.41) is 12.5. The van der Waals surface area contributed by atoms with Gasteiger partial charge in [0.15, 0.2) is 11.5 Å². The third-order valence-corrected chi connectivity index (χ3v) is 9.29. The number of benzene rings is 4. The highest BCUT2D eigenvalue weighted by atomic mass is 35.5. The first-order valence-corrected chi connectivity index (χ1v) is 16.5. The van der Waals surface area contributed by atoms with E-state index in [0.717, 1.165) is 5.56 Å². The lowest BCUT2D eigenvalue weighted by atomic mass is 9.94. The van der Waals surface area contributed by atoms with Crippen LogP contribution in [0.2, 0.25) is 10.0 Å². The first kappa shape index (κ1) is 33.2. The van der Waals surface area contributed by atoms with Crippen LogP contribution in [0.1, 0.15) is 29.7 Å². The number of nitrogens with zero attached hydrogens (tertiary/aromatic N) is 3. The molecule has 246 valence electrons. The van der Waals surface area contributed by atoms with Gasteiger partial charge < -0.3 is 24.8 Å². The summed E-state index contributed by atoms with van der Waals surface area (Å²) in [6.07, 6.45) is 0. The van der Waals surface area contributed by atoms with Crippen molar-refractivity contribution in [1.29, 1.82) is 0 Å². The number of amides is 1. The minimum Gasteiger partial charge on any atom is -0.495 e. The third-order valence-electron chi connectivity index (χ3n) is 7.68. The number of anilines is 2. The van der Waals surface area contributed by atoms with Gasteiger partial charge in [0.05, 0.1) is 30.5 Å². The fraction of sp³-hybridized carbons (Fsp3) is 0.171. The number of hydrogen-bond acceptors (Lipinski definition) is 8. The fourth-order valence-corrected chi connectivity index (χ4v) is 6.62. The maximum atomic E-state index is 14.4. The Morgan fingerprint density at radius 2 is 1.71 bits per heavy atom. The van der Waals surface area contributed by atoms with Crippen LogP contribution in [0, 0.1) is 5.82 Å². The molecule has 1 aromatic heterocycles. The van der Waals surface area contributed by atoms with Crippen molar-refractivity contribution in [3.05, 3.63) is 129 Å². The van der Waals surface area contributed by atoms with Gasteiger partial charge in [-0.05, 0) is 60.5 Å². The van der Waals surface area contributed by atoms with E-state index in [1.165, 1.54) is 31.0 Å². The summed E-state index contributed by atoms with van der Waals surface area (Å²) in [4.78, 5) is 18.8. The zero-order valence-corrected chi connectivity index (χ0v) is 28.4. The van der Waals surface area contributed by atoms with Crippen LogP contribution in [0.15, 0.2) is 101 Å². The number of aromatic nitrogens is 3. The second kappa shape index (κ2) is 14.6. The number of rotatable bonds is 11. The summed E-state index contributed by atoms with van der Waals surface area (Å²) in [6.45, 7) is 1.70. The average molecular weight is 707 g/mol. The summed E-state index contributed by atoms with van der Waals surface area (Å²) in [5.41, 5.74) is 3.34. The Kier molecular flexibility index (Phi) is 10.1. The van der Waals surface area contributed by atoms with E-state index in [1.54, 1.807) is 42.1 Å². The van der Waals surface area contributed by atoms with Crippen molar-refractivity contribution in [1.82, 2.24) is 14.8 Å². The molecule has 0 saturated carbocycles. The molecule has 4 aromatic carbocycles. The second-order valence-electron chi connectivity index (χ2n) is 10.7. The SMILES string of the molecule is COc1ccccc1NC(=O)C1=C(C)Nc2nc(SCc3ccccc3Cl)nn2C1c1ccc(OCc2c(F)cccc2Cl)c(OC)c1. The maximum absolute atomic E-state index is 14.4. The standard InChI is InChI=1S/C35H30Cl2FN5O4S/c1-20-31(33(44)40-27-13-6-7-14-28(27)45-2)32(43-34(39-20)41-35(42-43)48-19-22-9-4-5-10-24(22)36)21-15-16-29(30(17-21)46-3)47-18-23-25(37)11-8-12-26(23)38/h4-17,32H,18-19H2,1-3H3,(H,40,44)(H,39,41,42). The summed E-state index contributed by atoms with van der Waals surface area (Å²) in [7, 11) is 3.05. The summed E-state index contributed by atoms with van der Waals surface area (Å²) >= 11 is 14.0. The number of fused-ring (bicyclic) bond motifs is 1. The monoisotopic (exact) mass is 705 g/mol. The highest BCUT2D eigenvalue weighted by Gasteiger charge is 2.35. The Morgan fingerprint density at radius 3 is 2.48 bits per heavy atom. The number of ether oxygens (including phenoxy) is 3. The second-order valence-corrected chi connectivity index (χ2v) is 12.4. The molecule has 2 heterocycles. The lowest BCUT2D eigenvalue weighted by molar-refractivity contribution is -0.113. The molecular weight excluding hydrogens is 676 g/mol. The number of halogens is 3. The molecule has 1 atom stereocenters. The molecule has 0 radical (unpaired) electrons. The lowest BCUT2D eigenvalue weighted by Crippen LogP contribution is -2.31. The highest BCUT2D eigenvalue weighted by Crippen LogP contribution is 2.41. The van der Waals surface area contributed by atoms with Gasteiger partial charge >= 0.3 is 0 Å². The lowest BCUT2D eigenvalue weighted by Gasteiger charge is -2.29. The van der Waals surface area contributed by atoms with E-state index in [0.29, 0.717) is 61.6 Å². The number of hydrogen-bond donors (Lipinski definition) is 2. The van der Waals surface area contributed by atoms with Crippen LogP contribution in [0.5, 0.6) is 17.2 Å². The average Bonchev–Trinajstić information content (AvgIpc) is 3.49. The van der Waals surface area contributed by atoms with E-state index >= 15 is 0 Å². The molecule has 0 fully saturated rings. The fourth-order valence-electron chi connectivity index (χ4n) is 5.28. The van der Waals surface area contributed by atoms with E-state index in [-0.39, 0.29) is 23.1 Å². The molecule has 1 unspecified atom stereocenters. The van der Waals surface area contributed by atoms with Gasteiger partial charge in [0.1, 0.15) is 24.2 Å². The summed E-state index contributed by atoms with van der Waals surface area (Å²) in [6, 6.07) is 23.8. The first-order valence-electron chi connectivity index (χ1n) is 14.8. The summed E-state index contributed by atoms with van der Waals surface area (Å²) in [5.74, 6) is 1.42. The van der Waals surface area contributed by atoms with Crippen molar-refractivity contribution in [3.8, 4) is 17.2 Å².